The van der Waals surface area contributed by atoms with Crippen LogP contribution in [0.2, 0.25) is 0 Å². The number of pyridine rings is 1. The highest BCUT2D eigenvalue weighted by Gasteiger charge is 2.22. The lowest BCUT2D eigenvalue weighted by Crippen LogP contribution is -2.32. The van der Waals surface area contributed by atoms with Gasteiger partial charge in [0.1, 0.15) is 17.6 Å². The third-order valence-corrected chi connectivity index (χ3v) is 6.95. The minimum absolute atomic E-state index is 0.0319. The quantitative estimate of drug-likeness (QED) is 0.145. The van der Waals surface area contributed by atoms with Gasteiger partial charge in [-0.25, -0.2) is 14.6 Å². The molecule has 1 unspecified atom stereocenters. The van der Waals surface area contributed by atoms with Crippen molar-refractivity contribution >= 4 is 23.4 Å². The molecule has 0 aliphatic rings. The van der Waals surface area contributed by atoms with Crippen LogP contribution in [0.25, 0.3) is 11.5 Å². The van der Waals surface area contributed by atoms with Crippen molar-refractivity contribution in [2.45, 2.75) is 25.8 Å². The van der Waals surface area contributed by atoms with Crippen molar-refractivity contribution in [3.63, 3.8) is 0 Å². The lowest BCUT2D eigenvalue weighted by molar-refractivity contribution is -0.137. The molecule has 0 amide bonds. The lowest BCUT2D eigenvalue weighted by Gasteiger charge is -2.18. The standard InChI is InChI=1S/C34H29N3O7/c1-21-28(37-32(44-21)23-6-3-2-4-7-23)15-17-43-26-12-10-22(11-13-26)18-30(34(41)42)36-29-14-16-35-20-27(29)31(38)24-8-5-9-25(19-24)33(39)40/h2-14,16,19-20,30H,15,17-18H2,1H3,(H,35,36)(H,39,40)(H,41,42). The zero-order chi connectivity index (χ0) is 31.1. The summed E-state index contributed by atoms with van der Waals surface area (Å²) in [5.74, 6) is -0.807. The minimum Gasteiger partial charge on any atom is -0.493 e. The summed E-state index contributed by atoms with van der Waals surface area (Å²) >= 11 is 0. The Morgan fingerprint density at radius 2 is 1.68 bits per heavy atom. The van der Waals surface area contributed by atoms with Crippen LogP contribution >= 0.6 is 0 Å². The maximum absolute atomic E-state index is 13.2. The number of oxazole rings is 1. The first-order valence-corrected chi connectivity index (χ1v) is 13.8. The number of aryl methyl sites for hydroxylation is 1. The summed E-state index contributed by atoms with van der Waals surface area (Å²) in [4.78, 5) is 45.3. The fraction of sp³-hybridized carbons (Fsp3) is 0.147. The Morgan fingerprint density at radius 1 is 0.932 bits per heavy atom. The maximum Gasteiger partial charge on any atom is 0.335 e. The van der Waals surface area contributed by atoms with Crippen molar-refractivity contribution in [2.24, 2.45) is 0 Å². The van der Waals surface area contributed by atoms with Gasteiger partial charge in [-0.05, 0) is 55.0 Å². The average Bonchev–Trinajstić information content (AvgIpc) is 3.42. The van der Waals surface area contributed by atoms with Gasteiger partial charge in [0.05, 0.1) is 23.4 Å². The lowest BCUT2D eigenvalue weighted by atomic mass is 10.00. The molecule has 10 nitrogen and oxygen atoms in total. The number of nitrogens with one attached hydrogen (secondary N) is 1. The van der Waals surface area contributed by atoms with Crippen molar-refractivity contribution in [1.82, 2.24) is 9.97 Å². The summed E-state index contributed by atoms with van der Waals surface area (Å²) in [7, 11) is 0. The minimum atomic E-state index is -1.16. The Kier molecular flexibility index (Phi) is 9.10. The van der Waals surface area contributed by atoms with Crippen LogP contribution in [0.5, 0.6) is 5.75 Å². The van der Waals surface area contributed by atoms with Gasteiger partial charge in [-0.2, -0.15) is 0 Å². The monoisotopic (exact) mass is 591 g/mol. The smallest absolute Gasteiger partial charge is 0.335 e. The molecule has 1 atom stereocenters. The SMILES string of the molecule is Cc1oc(-c2ccccc2)nc1CCOc1ccc(CC(Nc2ccncc2C(=O)c2cccc(C(=O)O)c2)C(=O)O)cc1. The van der Waals surface area contributed by atoms with E-state index >= 15 is 0 Å². The number of aliphatic carboxylic acids is 1. The molecule has 222 valence electrons. The highest BCUT2D eigenvalue weighted by atomic mass is 16.5. The summed E-state index contributed by atoms with van der Waals surface area (Å²) in [6, 6.07) is 22.9. The molecule has 2 aromatic heterocycles. The highest BCUT2D eigenvalue weighted by molar-refractivity contribution is 6.13. The number of aromatic nitrogens is 2. The number of benzene rings is 3. The van der Waals surface area contributed by atoms with E-state index in [0.717, 1.165) is 22.6 Å². The number of hydrogen-bond acceptors (Lipinski definition) is 8. The number of carbonyl (C=O) groups is 3. The topological polar surface area (TPSA) is 152 Å². The first-order chi connectivity index (χ1) is 21.3. The first kappa shape index (κ1) is 29.7. The molecular weight excluding hydrogens is 562 g/mol. The second kappa shape index (κ2) is 13.5. The van der Waals surface area contributed by atoms with Crippen molar-refractivity contribution in [3.8, 4) is 17.2 Å². The molecular formula is C34H29N3O7. The second-order valence-electron chi connectivity index (χ2n) is 10.0. The number of carbonyl (C=O) groups excluding carboxylic acids is 1. The highest BCUT2D eigenvalue weighted by Crippen LogP contribution is 2.23. The summed E-state index contributed by atoms with van der Waals surface area (Å²) in [5.41, 5.74) is 2.99. The molecule has 5 aromatic rings. The Hall–Kier alpha value is -5.77. The zero-order valence-electron chi connectivity index (χ0n) is 23.8. The summed E-state index contributed by atoms with van der Waals surface area (Å²) in [6.07, 6.45) is 3.45. The molecule has 0 saturated carbocycles. The summed E-state index contributed by atoms with van der Waals surface area (Å²) < 4.78 is 11.7. The van der Waals surface area contributed by atoms with E-state index in [4.69, 9.17) is 9.15 Å². The molecule has 0 fully saturated rings. The van der Waals surface area contributed by atoms with Crippen molar-refractivity contribution in [2.75, 3.05) is 11.9 Å². The predicted molar refractivity (Wildman–Crippen MR) is 162 cm³/mol. The molecule has 44 heavy (non-hydrogen) atoms. The Balaban J connectivity index is 1.21. The Labute approximate surface area is 253 Å². The molecule has 10 heteroatoms. The number of nitrogens with zero attached hydrogens (tertiary/aromatic N) is 2. The molecule has 0 aliphatic heterocycles. The summed E-state index contributed by atoms with van der Waals surface area (Å²) in [6.45, 7) is 2.26. The van der Waals surface area contributed by atoms with E-state index in [1.165, 1.54) is 42.7 Å². The predicted octanol–water partition coefficient (Wildman–Crippen LogP) is 5.70. The van der Waals surface area contributed by atoms with Gasteiger partial charge >= 0.3 is 11.9 Å². The van der Waals surface area contributed by atoms with Crippen LogP contribution in [0.3, 0.4) is 0 Å². The normalized spacial score (nSPS) is 11.5. The Morgan fingerprint density at radius 3 is 2.41 bits per heavy atom. The van der Waals surface area contributed by atoms with Gasteiger partial charge in [-0.1, -0.05) is 42.5 Å². The van der Waals surface area contributed by atoms with Crippen LogP contribution in [0.15, 0.2) is 102 Å². The number of aromatic carboxylic acids is 1. The van der Waals surface area contributed by atoms with E-state index in [1.54, 1.807) is 24.3 Å². The average molecular weight is 592 g/mol. The number of carboxylic acid groups (broad SMARTS) is 2. The number of anilines is 1. The van der Waals surface area contributed by atoms with E-state index in [9.17, 15) is 24.6 Å². The van der Waals surface area contributed by atoms with Gasteiger partial charge in [0.2, 0.25) is 5.89 Å². The van der Waals surface area contributed by atoms with Crippen LogP contribution in [0.4, 0.5) is 5.69 Å². The van der Waals surface area contributed by atoms with E-state index in [1.807, 2.05) is 37.3 Å². The summed E-state index contributed by atoms with van der Waals surface area (Å²) in [5, 5.41) is 22.2. The molecule has 0 bridgehead atoms. The molecule has 0 spiro atoms. The molecule has 2 heterocycles. The molecule has 0 saturated heterocycles. The van der Waals surface area contributed by atoms with Gasteiger partial charge in [-0.15, -0.1) is 0 Å². The van der Waals surface area contributed by atoms with Gasteiger partial charge in [-0.3, -0.25) is 9.78 Å². The molecule has 3 aromatic carbocycles. The maximum atomic E-state index is 13.2. The van der Waals surface area contributed by atoms with Gasteiger partial charge in [0.25, 0.3) is 0 Å². The van der Waals surface area contributed by atoms with E-state index in [0.29, 0.717) is 24.7 Å². The number of carboxylic acids is 2. The number of ketones is 1. The molecule has 0 radical (unpaired) electrons. The van der Waals surface area contributed by atoms with Gasteiger partial charge in [0, 0.05) is 42.0 Å². The van der Waals surface area contributed by atoms with Crippen molar-refractivity contribution in [1.29, 1.82) is 0 Å². The first-order valence-electron chi connectivity index (χ1n) is 13.8. The second-order valence-corrected chi connectivity index (χ2v) is 10.0. The van der Waals surface area contributed by atoms with Crippen LogP contribution < -0.4 is 10.1 Å². The van der Waals surface area contributed by atoms with E-state index in [-0.39, 0.29) is 28.8 Å². The van der Waals surface area contributed by atoms with Crippen LogP contribution in [0, 0.1) is 6.92 Å². The van der Waals surface area contributed by atoms with Crippen LogP contribution in [-0.4, -0.2) is 50.6 Å². The van der Waals surface area contributed by atoms with Gasteiger partial charge < -0.3 is 24.7 Å². The van der Waals surface area contributed by atoms with Crippen molar-refractivity contribution < 1.29 is 33.8 Å². The van der Waals surface area contributed by atoms with Gasteiger partial charge in [0.15, 0.2) is 5.78 Å². The molecule has 0 aliphatic carbocycles. The van der Waals surface area contributed by atoms with Crippen LogP contribution in [-0.2, 0) is 17.6 Å². The van der Waals surface area contributed by atoms with Crippen molar-refractivity contribution in [3.05, 3.63) is 131 Å². The number of rotatable bonds is 13. The van der Waals surface area contributed by atoms with E-state index in [2.05, 4.69) is 15.3 Å². The zero-order valence-corrected chi connectivity index (χ0v) is 23.8. The molecule has 5 rings (SSSR count). The fourth-order valence-corrected chi connectivity index (χ4v) is 4.63. The third-order valence-electron chi connectivity index (χ3n) is 6.95. The number of hydrogen-bond donors (Lipinski definition) is 3. The largest absolute Gasteiger partial charge is 0.493 e. The molecule has 3 N–H and O–H groups in total. The number of ether oxygens (including phenoxy) is 1. The van der Waals surface area contributed by atoms with Crippen LogP contribution in [0.1, 0.15) is 43.3 Å². The third kappa shape index (κ3) is 7.16. The van der Waals surface area contributed by atoms with E-state index < -0.39 is 23.8 Å². The fourth-order valence-electron chi connectivity index (χ4n) is 4.63. The Bertz CT molecular complexity index is 1780.